The molecule has 7 nitrogen and oxygen atoms in total. The number of rotatable bonds is 2. The Morgan fingerprint density at radius 1 is 1.22 bits per heavy atom. The zero-order chi connectivity index (χ0) is 16.4. The van der Waals surface area contributed by atoms with E-state index in [1.807, 2.05) is 0 Å². The Morgan fingerprint density at radius 3 is 2.65 bits per heavy atom. The van der Waals surface area contributed by atoms with Crippen LogP contribution < -0.4 is 4.74 Å². The molecule has 0 spiro atoms. The Hall–Kier alpha value is -1.80. The van der Waals surface area contributed by atoms with Crippen molar-refractivity contribution in [1.29, 1.82) is 0 Å². The number of benzene rings is 1. The van der Waals surface area contributed by atoms with Gasteiger partial charge in [-0.1, -0.05) is 0 Å². The van der Waals surface area contributed by atoms with Crippen molar-refractivity contribution in [2.75, 3.05) is 39.9 Å². The number of hydrogen-bond donors (Lipinski definition) is 0. The minimum Gasteiger partial charge on any atom is -0.493 e. The summed E-state index contributed by atoms with van der Waals surface area (Å²) in [5, 5.41) is 0. The first-order valence-corrected chi connectivity index (χ1v) is 9.05. The van der Waals surface area contributed by atoms with Gasteiger partial charge in [0.15, 0.2) is 0 Å². The van der Waals surface area contributed by atoms with Gasteiger partial charge in [0.05, 0.1) is 18.6 Å². The second-order valence-corrected chi connectivity index (χ2v) is 7.52. The summed E-state index contributed by atoms with van der Waals surface area (Å²) in [4.78, 5) is 13.3. The minimum absolute atomic E-state index is 0.269. The average molecular weight is 340 g/mol. The molecule has 126 valence electrons. The van der Waals surface area contributed by atoms with Crippen molar-refractivity contribution in [3.05, 3.63) is 23.8 Å². The van der Waals surface area contributed by atoms with E-state index in [1.165, 1.54) is 16.3 Å². The van der Waals surface area contributed by atoms with Crippen LogP contribution in [0.5, 0.6) is 5.75 Å². The molecule has 8 heteroatoms. The topological polar surface area (TPSA) is 76.2 Å². The van der Waals surface area contributed by atoms with Crippen molar-refractivity contribution in [3.63, 3.8) is 0 Å². The van der Waals surface area contributed by atoms with Gasteiger partial charge in [-0.25, -0.2) is 13.2 Å². The highest BCUT2D eigenvalue weighted by molar-refractivity contribution is 7.89. The van der Waals surface area contributed by atoms with Crippen LogP contribution in [0.1, 0.15) is 12.0 Å². The summed E-state index contributed by atoms with van der Waals surface area (Å²) in [7, 11) is -2.23. The molecule has 23 heavy (non-hydrogen) atoms. The Bertz CT molecular complexity index is 696. The number of nitrogens with zero attached hydrogens (tertiary/aromatic N) is 2. The summed E-state index contributed by atoms with van der Waals surface area (Å²) in [5.41, 5.74) is 0.936. The van der Waals surface area contributed by atoms with Gasteiger partial charge in [-0.3, -0.25) is 0 Å². The predicted octanol–water partition coefficient (Wildman–Crippen LogP) is 1.08. The van der Waals surface area contributed by atoms with E-state index in [-0.39, 0.29) is 18.0 Å². The van der Waals surface area contributed by atoms with Gasteiger partial charge in [0, 0.05) is 26.2 Å². The highest BCUT2D eigenvalue weighted by Crippen LogP contribution is 2.28. The maximum atomic E-state index is 12.8. The zero-order valence-corrected chi connectivity index (χ0v) is 13.8. The predicted molar refractivity (Wildman–Crippen MR) is 83.0 cm³/mol. The SMILES string of the molecule is COC(=O)N1CCN(S(=O)(=O)c2ccc3c(c2)CCCO3)CC1. The quantitative estimate of drug-likeness (QED) is 0.805. The van der Waals surface area contributed by atoms with Gasteiger partial charge < -0.3 is 14.4 Å². The monoisotopic (exact) mass is 340 g/mol. The average Bonchev–Trinajstić information content (AvgIpc) is 2.60. The van der Waals surface area contributed by atoms with Crippen LogP contribution in [0.2, 0.25) is 0 Å². The van der Waals surface area contributed by atoms with E-state index in [2.05, 4.69) is 4.74 Å². The number of ether oxygens (including phenoxy) is 2. The van der Waals surface area contributed by atoms with E-state index in [0.717, 1.165) is 24.2 Å². The molecule has 0 saturated carbocycles. The molecule has 2 heterocycles. The van der Waals surface area contributed by atoms with Crippen molar-refractivity contribution in [2.24, 2.45) is 0 Å². The number of piperazine rings is 1. The molecule has 2 aliphatic heterocycles. The minimum atomic E-state index is -3.55. The number of fused-ring (bicyclic) bond motifs is 1. The molecule has 0 radical (unpaired) electrons. The number of sulfonamides is 1. The Morgan fingerprint density at radius 2 is 1.96 bits per heavy atom. The fraction of sp³-hybridized carbons (Fsp3) is 0.533. The molecule has 0 atom stereocenters. The molecule has 3 rings (SSSR count). The highest BCUT2D eigenvalue weighted by Gasteiger charge is 2.31. The third-order valence-corrected chi connectivity index (χ3v) is 6.08. The van der Waals surface area contributed by atoms with E-state index >= 15 is 0 Å². The number of hydrogen-bond acceptors (Lipinski definition) is 5. The van der Waals surface area contributed by atoms with Crippen LogP contribution in [0.15, 0.2) is 23.1 Å². The molecule has 1 saturated heterocycles. The number of carbonyl (C=O) groups excluding carboxylic acids is 1. The molecule has 2 aliphatic rings. The van der Waals surface area contributed by atoms with E-state index in [0.29, 0.717) is 19.7 Å². The first-order valence-electron chi connectivity index (χ1n) is 7.61. The Balaban J connectivity index is 1.76. The number of methoxy groups -OCH3 is 1. The van der Waals surface area contributed by atoms with Crippen molar-refractivity contribution in [3.8, 4) is 5.75 Å². The lowest BCUT2D eigenvalue weighted by atomic mass is 10.1. The van der Waals surface area contributed by atoms with Crippen LogP contribution in [0.25, 0.3) is 0 Å². The van der Waals surface area contributed by atoms with Gasteiger partial charge >= 0.3 is 6.09 Å². The highest BCUT2D eigenvalue weighted by atomic mass is 32.2. The standard InChI is InChI=1S/C15H20N2O5S/c1-21-15(18)16-6-8-17(9-7-16)23(19,20)13-4-5-14-12(11-13)3-2-10-22-14/h4-5,11H,2-3,6-10H2,1H3. The van der Waals surface area contributed by atoms with E-state index < -0.39 is 16.1 Å². The molecule has 1 aromatic carbocycles. The number of amides is 1. The second kappa shape index (κ2) is 6.37. The summed E-state index contributed by atoms with van der Waals surface area (Å²) in [6.07, 6.45) is 1.30. The third-order valence-electron chi connectivity index (χ3n) is 4.19. The van der Waals surface area contributed by atoms with Gasteiger partial charge in [0.25, 0.3) is 0 Å². The molecule has 0 aromatic heterocycles. The maximum absolute atomic E-state index is 12.8. The van der Waals surface area contributed by atoms with Crippen molar-refractivity contribution >= 4 is 16.1 Å². The molecule has 0 aliphatic carbocycles. The van der Waals surface area contributed by atoms with Crippen LogP contribution in [-0.2, 0) is 21.2 Å². The van der Waals surface area contributed by atoms with Crippen molar-refractivity contribution in [2.45, 2.75) is 17.7 Å². The maximum Gasteiger partial charge on any atom is 0.409 e. The lowest BCUT2D eigenvalue weighted by Gasteiger charge is -2.33. The number of carbonyl (C=O) groups is 1. The first-order chi connectivity index (χ1) is 11.0. The Labute approximate surface area is 135 Å². The van der Waals surface area contributed by atoms with Gasteiger partial charge in [-0.05, 0) is 36.6 Å². The smallest absolute Gasteiger partial charge is 0.409 e. The third kappa shape index (κ3) is 3.13. The molecule has 1 amide bonds. The van der Waals surface area contributed by atoms with Crippen molar-refractivity contribution < 1.29 is 22.7 Å². The van der Waals surface area contributed by atoms with Gasteiger partial charge in [-0.2, -0.15) is 4.31 Å². The van der Waals surface area contributed by atoms with Gasteiger partial charge in [-0.15, -0.1) is 0 Å². The molecule has 0 N–H and O–H groups in total. The summed E-state index contributed by atoms with van der Waals surface area (Å²) in [6.45, 7) is 1.88. The van der Waals surface area contributed by atoms with Gasteiger partial charge in [0.1, 0.15) is 5.75 Å². The fourth-order valence-corrected chi connectivity index (χ4v) is 4.36. The lowest BCUT2D eigenvalue weighted by Crippen LogP contribution is -2.50. The molecular formula is C15H20N2O5S. The summed E-state index contributed by atoms with van der Waals surface area (Å²) in [6, 6.07) is 5.02. The zero-order valence-electron chi connectivity index (χ0n) is 13.0. The van der Waals surface area contributed by atoms with Crippen LogP contribution in [0.3, 0.4) is 0 Å². The van der Waals surface area contributed by atoms with Crippen LogP contribution in [-0.4, -0.2) is 63.6 Å². The van der Waals surface area contributed by atoms with E-state index in [9.17, 15) is 13.2 Å². The largest absolute Gasteiger partial charge is 0.493 e. The summed E-state index contributed by atoms with van der Waals surface area (Å²) in [5.74, 6) is 0.769. The molecular weight excluding hydrogens is 320 g/mol. The second-order valence-electron chi connectivity index (χ2n) is 5.58. The Kier molecular flexibility index (Phi) is 4.45. The van der Waals surface area contributed by atoms with Gasteiger partial charge in [0.2, 0.25) is 10.0 Å². The van der Waals surface area contributed by atoms with Crippen molar-refractivity contribution in [1.82, 2.24) is 9.21 Å². The van der Waals surface area contributed by atoms with Crippen LogP contribution >= 0.6 is 0 Å². The first kappa shape index (κ1) is 16.1. The van der Waals surface area contributed by atoms with E-state index in [4.69, 9.17) is 4.74 Å². The molecule has 1 fully saturated rings. The lowest BCUT2D eigenvalue weighted by molar-refractivity contribution is 0.108. The molecule has 1 aromatic rings. The number of aryl methyl sites for hydroxylation is 1. The summed E-state index contributed by atoms with van der Waals surface area (Å²) >= 11 is 0. The molecule has 0 unspecified atom stereocenters. The normalized spacial score (nSPS) is 18.9. The summed E-state index contributed by atoms with van der Waals surface area (Å²) < 4.78 is 37.1. The van der Waals surface area contributed by atoms with Crippen LogP contribution in [0.4, 0.5) is 4.79 Å². The van der Waals surface area contributed by atoms with Crippen LogP contribution in [0, 0.1) is 0 Å². The molecule has 0 bridgehead atoms. The fourth-order valence-electron chi connectivity index (χ4n) is 2.89. The van der Waals surface area contributed by atoms with E-state index in [1.54, 1.807) is 18.2 Å².